The Labute approximate surface area is 111 Å². The fourth-order valence-electron chi connectivity index (χ4n) is 2.02. The van der Waals surface area contributed by atoms with E-state index in [1.165, 1.54) is 5.56 Å². The molecule has 0 aliphatic carbocycles. The quantitative estimate of drug-likeness (QED) is 0.756. The van der Waals surface area contributed by atoms with Crippen LogP contribution in [0, 0.1) is 12.8 Å². The molecule has 3 heteroatoms. The van der Waals surface area contributed by atoms with Gasteiger partial charge in [-0.05, 0) is 30.0 Å². The molecular weight excluding hydrogens is 224 g/mol. The zero-order chi connectivity index (χ0) is 13.5. The van der Waals surface area contributed by atoms with Crippen LogP contribution in [-0.4, -0.2) is 31.7 Å². The van der Waals surface area contributed by atoms with Gasteiger partial charge in [0.15, 0.2) is 0 Å². The normalized spacial score (nSPS) is 11.4. The van der Waals surface area contributed by atoms with Crippen molar-refractivity contribution < 1.29 is 4.74 Å². The maximum Gasteiger partial charge on any atom is 0.0589 e. The van der Waals surface area contributed by atoms with E-state index in [2.05, 4.69) is 36.9 Å². The van der Waals surface area contributed by atoms with Gasteiger partial charge in [0.2, 0.25) is 0 Å². The maximum atomic E-state index is 5.95. The number of rotatable bonds is 7. The highest BCUT2D eigenvalue weighted by atomic mass is 16.5. The summed E-state index contributed by atoms with van der Waals surface area (Å²) < 4.78 is 5.17. The smallest absolute Gasteiger partial charge is 0.0589 e. The molecule has 0 bridgehead atoms. The van der Waals surface area contributed by atoms with Crippen LogP contribution in [0.1, 0.15) is 25.0 Å². The highest BCUT2D eigenvalue weighted by Crippen LogP contribution is 2.15. The predicted octanol–water partition coefficient (Wildman–Crippen LogP) is 2.68. The number of anilines is 1. The molecule has 0 radical (unpaired) electrons. The minimum Gasteiger partial charge on any atom is -0.399 e. The molecule has 0 saturated carbocycles. The van der Waals surface area contributed by atoms with Crippen molar-refractivity contribution in [2.24, 2.45) is 5.92 Å². The number of hydrogen-bond acceptors (Lipinski definition) is 3. The fraction of sp³-hybridized carbons (Fsp3) is 0.600. The number of nitrogen functional groups attached to an aromatic ring is 1. The number of nitrogens with two attached hydrogens (primary N) is 1. The highest BCUT2D eigenvalue weighted by Gasteiger charge is 2.08. The molecule has 18 heavy (non-hydrogen) atoms. The summed E-state index contributed by atoms with van der Waals surface area (Å²) in [6, 6.07) is 6.33. The first-order valence-corrected chi connectivity index (χ1v) is 6.59. The van der Waals surface area contributed by atoms with E-state index in [9.17, 15) is 0 Å². The first-order valence-electron chi connectivity index (χ1n) is 6.59. The van der Waals surface area contributed by atoms with Gasteiger partial charge in [0.05, 0.1) is 6.61 Å². The van der Waals surface area contributed by atoms with Crippen LogP contribution in [0.25, 0.3) is 0 Å². The van der Waals surface area contributed by atoms with E-state index >= 15 is 0 Å². The summed E-state index contributed by atoms with van der Waals surface area (Å²) in [7, 11) is 1.75. The van der Waals surface area contributed by atoms with Gasteiger partial charge in [-0.3, -0.25) is 4.90 Å². The minimum atomic E-state index is 0.657. The van der Waals surface area contributed by atoms with Crippen LogP contribution in [0.5, 0.6) is 0 Å². The number of nitrogens with zero attached hydrogens (tertiary/aromatic N) is 1. The standard InChI is InChI=1S/C15H26N2O/c1-12(2)10-17(7-8-18-4)11-14-6-5-13(3)15(16)9-14/h5-6,9,12H,7-8,10-11,16H2,1-4H3. The molecule has 0 spiro atoms. The van der Waals surface area contributed by atoms with Crippen molar-refractivity contribution in [1.82, 2.24) is 4.90 Å². The van der Waals surface area contributed by atoms with Gasteiger partial charge < -0.3 is 10.5 Å². The first-order chi connectivity index (χ1) is 8.52. The van der Waals surface area contributed by atoms with Crippen LogP contribution in [0.4, 0.5) is 5.69 Å². The molecule has 102 valence electrons. The molecule has 0 saturated heterocycles. The number of benzene rings is 1. The topological polar surface area (TPSA) is 38.5 Å². The van der Waals surface area contributed by atoms with Gasteiger partial charge in [-0.15, -0.1) is 0 Å². The summed E-state index contributed by atoms with van der Waals surface area (Å²) in [4.78, 5) is 2.41. The zero-order valence-electron chi connectivity index (χ0n) is 12.1. The summed E-state index contributed by atoms with van der Waals surface area (Å²) in [6.45, 7) is 10.3. The van der Waals surface area contributed by atoms with E-state index in [0.29, 0.717) is 5.92 Å². The summed E-state index contributed by atoms with van der Waals surface area (Å²) in [5.41, 5.74) is 9.25. The number of aryl methyl sites for hydroxylation is 1. The molecule has 0 aliphatic heterocycles. The lowest BCUT2D eigenvalue weighted by atomic mass is 10.1. The third kappa shape index (κ3) is 5.07. The van der Waals surface area contributed by atoms with E-state index in [4.69, 9.17) is 10.5 Å². The van der Waals surface area contributed by atoms with E-state index in [-0.39, 0.29) is 0 Å². The van der Waals surface area contributed by atoms with E-state index in [0.717, 1.165) is 37.5 Å². The molecule has 2 N–H and O–H groups in total. The van der Waals surface area contributed by atoms with Crippen molar-refractivity contribution in [1.29, 1.82) is 0 Å². The molecule has 0 aliphatic rings. The van der Waals surface area contributed by atoms with E-state index in [1.807, 2.05) is 6.92 Å². The third-order valence-corrected chi connectivity index (χ3v) is 2.98. The van der Waals surface area contributed by atoms with Gasteiger partial charge in [0, 0.05) is 32.4 Å². The lowest BCUT2D eigenvalue weighted by Gasteiger charge is -2.24. The van der Waals surface area contributed by atoms with E-state index in [1.54, 1.807) is 7.11 Å². The van der Waals surface area contributed by atoms with Crippen molar-refractivity contribution in [2.75, 3.05) is 32.5 Å². The average molecular weight is 250 g/mol. The molecule has 0 fully saturated rings. The monoisotopic (exact) mass is 250 g/mol. The molecule has 1 aromatic rings. The molecule has 0 unspecified atom stereocenters. The van der Waals surface area contributed by atoms with Crippen molar-refractivity contribution in [3.8, 4) is 0 Å². The summed E-state index contributed by atoms with van der Waals surface area (Å²) in [6.07, 6.45) is 0. The van der Waals surface area contributed by atoms with Crippen molar-refractivity contribution in [2.45, 2.75) is 27.3 Å². The van der Waals surface area contributed by atoms with Crippen molar-refractivity contribution in [3.05, 3.63) is 29.3 Å². The van der Waals surface area contributed by atoms with Crippen LogP contribution >= 0.6 is 0 Å². The number of hydrogen-bond donors (Lipinski definition) is 1. The second-order valence-electron chi connectivity index (χ2n) is 5.31. The van der Waals surface area contributed by atoms with Crippen LogP contribution in [0.2, 0.25) is 0 Å². The van der Waals surface area contributed by atoms with Crippen molar-refractivity contribution >= 4 is 5.69 Å². The summed E-state index contributed by atoms with van der Waals surface area (Å²) in [5.74, 6) is 0.657. The molecular formula is C15H26N2O. The second-order valence-corrected chi connectivity index (χ2v) is 5.31. The van der Waals surface area contributed by atoms with Gasteiger partial charge in [0.1, 0.15) is 0 Å². The number of methoxy groups -OCH3 is 1. The van der Waals surface area contributed by atoms with Gasteiger partial charge in [0.25, 0.3) is 0 Å². The molecule has 0 aromatic heterocycles. The predicted molar refractivity (Wildman–Crippen MR) is 77.6 cm³/mol. The van der Waals surface area contributed by atoms with Crippen LogP contribution in [-0.2, 0) is 11.3 Å². The molecule has 1 rings (SSSR count). The Morgan fingerprint density at radius 2 is 2.06 bits per heavy atom. The Morgan fingerprint density at radius 3 is 2.61 bits per heavy atom. The number of ether oxygens (including phenoxy) is 1. The molecule has 3 nitrogen and oxygen atoms in total. The van der Waals surface area contributed by atoms with Crippen LogP contribution in [0.15, 0.2) is 18.2 Å². The van der Waals surface area contributed by atoms with Gasteiger partial charge in [-0.2, -0.15) is 0 Å². The maximum absolute atomic E-state index is 5.95. The Hall–Kier alpha value is -1.06. The summed E-state index contributed by atoms with van der Waals surface area (Å²) in [5, 5.41) is 0. The molecule has 0 atom stereocenters. The highest BCUT2D eigenvalue weighted by molar-refractivity contribution is 5.48. The van der Waals surface area contributed by atoms with Gasteiger partial charge in [-0.1, -0.05) is 26.0 Å². The Bertz CT molecular complexity index is 364. The summed E-state index contributed by atoms with van der Waals surface area (Å²) >= 11 is 0. The Kier molecular flexibility index (Phi) is 6.16. The van der Waals surface area contributed by atoms with Gasteiger partial charge in [-0.25, -0.2) is 0 Å². The van der Waals surface area contributed by atoms with E-state index < -0.39 is 0 Å². The first kappa shape index (κ1) is 15.0. The minimum absolute atomic E-state index is 0.657. The molecule has 0 heterocycles. The third-order valence-electron chi connectivity index (χ3n) is 2.98. The molecule has 1 aromatic carbocycles. The largest absolute Gasteiger partial charge is 0.399 e. The lowest BCUT2D eigenvalue weighted by molar-refractivity contribution is 0.136. The second kappa shape index (κ2) is 7.39. The average Bonchev–Trinajstić information content (AvgIpc) is 2.30. The fourth-order valence-corrected chi connectivity index (χ4v) is 2.02. The zero-order valence-corrected chi connectivity index (χ0v) is 12.1. The van der Waals surface area contributed by atoms with Crippen LogP contribution in [0.3, 0.4) is 0 Å². The SMILES string of the molecule is COCCN(Cc1ccc(C)c(N)c1)CC(C)C. The lowest BCUT2D eigenvalue weighted by Crippen LogP contribution is -2.30. The Morgan fingerprint density at radius 1 is 1.33 bits per heavy atom. The molecule has 0 amide bonds. The van der Waals surface area contributed by atoms with Gasteiger partial charge >= 0.3 is 0 Å². The Balaban J connectivity index is 2.65. The van der Waals surface area contributed by atoms with Crippen LogP contribution < -0.4 is 5.73 Å². The van der Waals surface area contributed by atoms with Crippen molar-refractivity contribution in [3.63, 3.8) is 0 Å².